The number of carboxylic acids is 1. The second-order valence-corrected chi connectivity index (χ2v) is 10.0. The first kappa shape index (κ1) is 26.8. The van der Waals surface area contributed by atoms with Crippen LogP contribution in [0.25, 0.3) is 0 Å². The number of halogens is 1. The molecule has 0 saturated carbocycles. The Hall–Kier alpha value is -2.76. The molecule has 3 rings (SSSR count). The number of carbonyl (C=O) groups is 2. The van der Waals surface area contributed by atoms with E-state index in [-0.39, 0.29) is 41.2 Å². The molecule has 2 amide bonds. The zero-order valence-electron chi connectivity index (χ0n) is 20.7. The van der Waals surface area contributed by atoms with Crippen LogP contribution in [0, 0.1) is 25.6 Å². The Balaban J connectivity index is 1.56. The molecule has 2 aromatic rings. The summed E-state index contributed by atoms with van der Waals surface area (Å²) in [4.78, 5) is 26.6. The molecule has 1 aromatic carbocycles. The third kappa shape index (κ3) is 7.36. The van der Waals surface area contributed by atoms with Crippen LogP contribution in [0.1, 0.15) is 47.8 Å². The molecular weight excluding hydrogens is 475 g/mol. The number of ether oxygens (including phenoxy) is 2. The van der Waals surface area contributed by atoms with Crippen molar-refractivity contribution < 1.29 is 28.6 Å². The zero-order chi connectivity index (χ0) is 25.7. The number of aromatic carboxylic acids is 1. The summed E-state index contributed by atoms with van der Waals surface area (Å²) in [5, 5.41) is 15.0. The largest absolute Gasteiger partial charge is 0.477 e. The van der Waals surface area contributed by atoms with E-state index < -0.39 is 17.8 Å². The lowest BCUT2D eigenvalue weighted by atomic mass is 10.1. The van der Waals surface area contributed by atoms with Crippen LogP contribution in [-0.2, 0) is 11.3 Å². The van der Waals surface area contributed by atoms with Crippen molar-refractivity contribution in [3.63, 3.8) is 0 Å². The second-order valence-electron chi connectivity index (χ2n) is 9.24. The molecule has 1 fully saturated rings. The summed E-state index contributed by atoms with van der Waals surface area (Å²) >= 11 is 0.798. The highest BCUT2D eigenvalue weighted by atomic mass is 32.1. The van der Waals surface area contributed by atoms with Gasteiger partial charge in [-0.15, -0.1) is 0 Å². The average molecular weight is 509 g/mol. The van der Waals surface area contributed by atoms with E-state index in [4.69, 9.17) is 9.47 Å². The minimum Gasteiger partial charge on any atom is -0.477 e. The maximum atomic E-state index is 14.3. The fraction of sp³-hybridized carbons (Fsp3) is 0.542. The number of carboxylic acid groups (broad SMARTS) is 1. The Morgan fingerprint density at radius 2 is 2.00 bits per heavy atom. The molecule has 3 unspecified atom stereocenters. The second kappa shape index (κ2) is 11.8. The fourth-order valence-corrected chi connectivity index (χ4v) is 4.99. The summed E-state index contributed by atoms with van der Waals surface area (Å²) in [5.74, 6) is -1.71. The number of carbonyl (C=O) groups excluding carboxylic acids is 1. The van der Waals surface area contributed by atoms with E-state index in [0.29, 0.717) is 17.7 Å². The summed E-state index contributed by atoms with van der Waals surface area (Å²) in [6.45, 7) is 12.4. The Labute approximate surface area is 208 Å². The van der Waals surface area contributed by atoms with Crippen molar-refractivity contribution in [2.24, 2.45) is 5.92 Å². The molecular formula is C24H33FN4O5S. The molecule has 35 heavy (non-hydrogen) atoms. The lowest BCUT2D eigenvalue weighted by Crippen LogP contribution is -2.48. The highest BCUT2D eigenvalue weighted by molar-refractivity contribution is 7.11. The average Bonchev–Trinajstić information content (AvgIpc) is 3.13. The van der Waals surface area contributed by atoms with Crippen LogP contribution in [0.2, 0.25) is 0 Å². The Kier molecular flexibility index (Phi) is 9.03. The topological polar surface area (TPSA) is 113 Å². The number of urea groups is 1. The van der Waals surface area contributed by atoms with Gasteiger partial charge in [0.05, 0.1) is 12.2 Å². The molecule has 0 bridgehead atoms. The number of aryl methyl sites for hydroxylation is 2. The van der Waals surface area contributed by atoms with E-state index in [2.05, 4.69) is 19.9 Å². The van der Waals surface area contributed by atoms with Gasteiger partial charge in [0, 0.05) is 31.7 Å². The molecule has 0 radical (unpaired) electrons. The highest BCUT2D eigenvalue weighted by Gasteiger charge is 2.25. The lowest BCUT2D eigenvalue weighted by molar-refractivity contribution is -0.0707. The fourth-order valence-electron chi connectivity index (χ4n) is 4.27. The Morgan fingerprint density at radius 1 is 1.31 bits per heavy atom. The molecule has 1 aliphatic rings. The van der Waals surface area contributed by atoms with Crippen LogP contribution < -0.4 is 15.4 Å². The molecule has 0 aliphatic carbocycles. The van der Waals surface area contributed by atoms with Crippen molar-refractivity contribution >= 4 is 28.5 Å². The third-order valence-corrected chi connectivity index (χ3v) is 6.44. The minimum absolute atomic E-state index is 0.0505. The first-order valence-corrected chi connectivity index (χ1v) is 12.3. The molecule has 2 heterocycles. The quantitative estimate of drug-likeness (QED) is 0.468. The maximum absolute atomic E-state index is 14.3. The molecule has 0 spiro atoms. The predicted octanol–water partition coefficient (Wildman–Crippen LogP) is 4.04. The van der Waals surface area contributed by atoms with E-state index in [1.165, 1.54) is 6.07 Å². The van der Waals surface area contributed by atoms with Crippen molar-refractivity contribution in [1.82, 2.24) is 14.6 Å². The Bertz CT molecular complexity index is 1030. The molecule has 1 saturated heterocycles. The van der Waals surface area contributed by atoms with Gasteiger partial charge < -0.3 is 19.9 Å². The molecule has 1 aliphatic heterocycles. The van der Waals surface area contributed by atoms with Gasteiger partial charge in [-0.3, -0.25) is 10.2 Å². The third-order valence-electron chi connectivity index (χ3n) is 5.69. The van der Waals surface area contributed by atoms with E-state index in [1.807, 2.05) is 26.8 Å². The van der Waals surface area contributed by atoms with Crippen molar-refractivity contribution in [1.29, 1.82) is 0 Å². The normalized spacial score (nSPS) is 19.3. The van der Waals surface area contributed by atoms with Crippen LogP contribution in [0.3, 0.4) is 0 Å². The summed E-state index contributed by atoms with van der Waals surface area (Å²) < 4.78 is 29.6. The molecule has 9 nitrogen and oxygen atoms in total. The number of nitrogens with zero attached hydrogens (tertiary/aromatic N) is 2. The summed E-state index contributed by atoms with van der Waals surface area (Å²) in [7, 11) is 0. The number of benzene rings is 1. The van der Waals surface area contributed by atoms with E-state index >= 15 is 0 Å². The van der Waals surface area contributed by atoms with Gasteiger partial charge in [-0.05, 0) is 62.3 Å². The van der Waals surface area contributed by atoms with Gasteiger partial charge in [-0.25, -0.2) is 14.0 Å². The van der Waals surface area contributed by atoms with Gasteiger partial charge in [0.1, 0.15) is 17.4 Å². The zero-order valence-corrected chi connectivity index (χ0v) is 21.5. The first-order valence-electron chi connectivity index (χ1n) is 11.6. The predicted molar refractivity (Wildman–Crippen MR) is 132 cm³/mol. The number of amides is 2. The standard InChI is InChI=1S/C24H33FN4O5S/c1-13-6-15(3)18(19(25)7-13)12-33-21-20(23(30)31)22(35-28-21)27-24(32)26-8-14(2)9-29-10-16(4)34-17(5)11-29/h6-7,14,16-17H,8-12H2,1-5H3,(H,30,31)(H2,26,27,32). The molecule has 192 valence electrons. The van der Waals surface area contributed by atoms with Crippen LogP contribution in [0.5, 0.6) is 5.88 Å². The summed E-state index contributed by atoms with van der Waals surface area (Å²) in [6, 6.07) is 2.68. The van der Waals surface area contributed by atoms with Crippen molar-refractivity contribution in [2.45, 2.75) is 53.4 Å². The number of morpholine rings is 1. The van der Waals surface area contributed by atoms with Crippen LogP contribution in [0.4, 0.5) is 14.2 Å². The highest BCUT2D eigenvalue weighted by Crippen LogP contribution is 2.31. The summed E-state index contributed by atoms with van der Waals surface area (Å²) in [5.41, 5.74) is 1.54. The Morgan fingerprint density at radius 3 is 2.63 bits per heavy atom. The molecule has 1 aromatic heterocycles. The van der Waals surface area contributed by atoms with Crippen molar-refractivity contribution in [2.75, 3.05) is 31.5 Å². The van der Waals surface area contributed by atoms with Crippen molar-refractivity contribution in [3.8, 4) is 5.88 Å². The number of anilines is 1. The number of hydrogen-bond acceptors (Lipinski definition) is 7. The monoisotopic (exact) mass is 508 g/mol. The molecule has 11 heteroatoms. The number of rotatable bonds is 9. The lowest BCUT2D eigenvalue weighted by Gasteiger charge is -2.36. The number of aromatic nitrogens is 1. The number of nitrogens with one attached hydrogen (secondary N) is 2. The van der Waals surface area contributed by atoms with Crippen LogP contribution >= 0.6 is 11.5 Å². The first-order chi connectivity index (χ1) is 16.5. The number of hydrogen-bond donors (Lipinski definition) is 3. The molecule has 3 N–H and O–H groups in total. The minimum atomic E-state index is -1.30. The van der Waals surface area contributed by atoms with Gasteiger partial charge in [-0.1, -0.05) is 13.0 Å². The van der Waals surface area contributed by atoms with E-state index in [1.54, 1.807) is 13.8 Å². The van der Waals surface area contributed by atoms with Crippen molar-refractivity contribution in [3.05, 3.63) is 40.2 Å². The smallest absolute Gasteiger partial charge is 0.344 e. The maximum Gasteiger partial charge on any atom is 0.344 e. The molecule has 3 atom stereocenters. The SMILES string of the molecule is Cc1cc(C)c(COc2nsc(NC(=O)NCC(C)CN3CC(C)OC(C)C3)c2C(=O)O)c(F)c1. The van der Waals surface area contributed by atoms with Gasteiger partial charge in [0.2, 0.25) is 5.88 Å². The summed E-state index contributed by atoms with van der Waals surface area (Å²) in [6.07, 6.45) is 0.344. The van der Waals surface area contributed by atoms with Gasteiger partial charge >= 0.3 is 12.0 Å². The van der Waals surface area contributed by atoms with Crippen LogP contribution in [0.15, 0.2) is 12.1 Å². The van der Waals surface area contributed by atoms with Gasteiger partial charge in [0.25, 0.3) is 0 Å². The van der Waals surface area contributed by atoms with Gasteiger partial charge in [-0.2, -0.15) is 4.37 Å². The van der Waals surface area contributed by atoms with Crippen LogP contribution in [-0.4, -0.2) is 64.8 Å². The van der Waals surface area contributed by atoms with Gasteiger partial charge in [0.15, 0.2) is 5.56 Å². The van der Waals surface area contributed by atoms with E-state index in [9.17, 15) is 19.1 Å². The van der Waals surface area contributed by atoms with E-state index in [0.717, 1.165) is 36.7 Å².